The Balaban J connectivity index is 0.874. The van der Waals surface area contributed by atoms with Crippen molar-refractivity contribution < 1.29 is 0 Å². The number of fused-ring (bicyclic) bond motifs is 26. The number of hydrogen-bond donors (Lipinski definition) is 0. The van der Waals surface area contributed by atoms with E-state index >= 15 is 0 Å². The van der Waals surface area contributed by atoms with E-state index in [1.165, 1.54) is 177 Å². The van der Waals surface area contributed by atoms with Crippen LogP contribution in [0.3, 0.4) is 0 Å². The van der Waals surface area contributed by atoms with Crippen molar-refractivity contribution in [3.8, 4) is 67.0 Å². The van der Waals surface area contributed by atoms with E-state index in [1.807, 2.05) is 0 Å². The summed E-state index contributed by atoms with van der Waals surface area (Å²) >= 11 is 0. The van der Waals surface area contributed by atoms with E-state index in [4.69, 9.17) is 0 Å². The van der Waals surface area contributed by atoms with Crippen LogP contribution >= 0.6 is 0 Å². The number of rotatable bonds is 3. The maximum Gasteiger partial charge on any atom is 0.0754 e. The number of hydrogen-bond acceptors (Lipinski definition) is 0. The Morgan fingerprint density at radius 2 is 0.548 bits per heavy atom. The van der Waals surface area contributed by atoms with E-state index in [9.17, 15) is 0 Å². The molecule has 386 valence electrons. The number of aromatic nitrogens is 2. The molecule has 0 N–H and O–H groups in total. The van der Waals surface area contributed by atoms with Gasteiger partial charge in [0.15, 0.2) is 0 Å². The molecule has 2 unspecified atom stereocenters. The third-order valence-electron chi connectivity index (χ3n) is 20.1. The standard InChI is InChI=1S/C82H48N2/c1-2-22-49(23-3-1)76-56-30-16-28-50(54-32-18-40-68-77(54)60-26-4-8-36-64(60)81(68)66-38-10-14-46-74(66)83-72-44-12-6-24-52(72)58-34-20-42-70(81)79(58)83)62(56)48-63-51(29-17-31-57(63)76)55-33-19-41-69-78(55)61-27-5-9-37-65(61)82(69)67-39-11-15-47-75(67)84-73-45-13-7-25-53(73)59-35-21-43-71(82)80(59)84/h1-48H. The summed E-state index contributed by atoms with van der Waals surface area (Å²) in [5, 5.41) is 10.1. The predicted octanol–water partition coefficient (Wildman–Crippen LogP) is 20.5. The van der Waals surface area contributed by atoms with Crippen molar-refractivity contribution >= 4 is 65.2 Å². The molecule has 0 amide bonds. The highest BCUT2D eigenvalue weighted by Gasteiger charge is 2.53. The maximum absolute atomic E-state index is 2.55. The van der Waals surface area contributed by atoms with Crippen LogP contribution in [0.25, 0.3) is 132 Å². The van der Waals surface area contributed by atoms with Gasteiger partial charge in [-0.15, -0.1) is 0 Å². The fourth-order valence-electron chi connectivity index (χ4n) is 17.2. The first-order valence-corrected chi connectivity index (χ1v) is 29.5. The maximum atomic E-state index is 2.55. The van der Waals surface area contributed by atoms with Gasteiger partial charge in [0, 0.05) is 21.5 Å². The van der Waals surface area contributed by atoms with Crippen molar-refractivity contribution in [1.82, 2.24) is 9.13 Å². The second-order valence-electron chi connectivity index (χ2n) is 23.6. The molecule has 2 spiro atoms. The average molecular weight is 1060 g/mol. The fourth-order valence-corrected chi connectivity index (χ4v) is 17.2. The minimum atomic E-state index is -0.565. The Kier molecular flexibility index (Phi) is 8.56. The first kappa shape index (κ1) is 44.9. The summed E-state index contributed by atoms with van der Waals surface area (Å²) in [5.74, 6) is 0. The van der Waals surface area contributed by atoms with Crippen molar-refractivity contribution in [1.29, 1.82) is 0 Å². The van der Waals surface area contributed by atoms with Crippen molar-refractivity contribution in [2.24, 2.45) is 0 Å². The van der Waals surface area contributed by atoms with Crippen molar-refractivity contribution in [3.05, 3.63) is 336 Å². The molecule has 0 bridgehead atoms. The molecule has 2 aliphatic carbocycles. The summed E-state index contributed by atoms with van der Waals surface area (Å²) in [6, 6.07) is 111. The van der Waals surface area contributed by atoms with Gasteiger partial charge in [-0.3, -0.25) is 0 Å². The molecule has 4 heterocycles. The number of nitrogens with zero attached hydrogens (tertiary/aromatic N) is 2. The van der Waals surface area contributed by atoms with Crippen LogP contribution in [0.2, 0.25) is 0 Å². The zero-order chi connectivity index (χ0) is 54.6. The van der Waals surface area contributed by atoms with Crippen molar-refractivity contribution in [2.45, 2.75) is 10.8 Å². The highest BCUT2D eigenvalue weighted by Crippen LogP contribution is 2.65. The number of benzene rings is 14. The minimum Gasteiger partial charge on any atom is -0.309 e. The summed E-state index contributed by atoms with van der Waals surface area (Å²) in [6.45, 7) is 0. The van der Waals surface area contributed by atoms with Gasteiger partial charge in [0.05, 0.1) is 44.3 Å². The Bertz CT molecular complexity index is 5310. The minimum absolute atomic E-state index is 0.565. The van der Waals surface area contributed by atoms with Gasteiger partial charge in [0.1, 0.15) is 0 Å². The fraction of sp³-hybridized carbons (Fsp3) is 0.0244. The summed E-state index contributed by atoms with van der Waals surface area (Å²) in [5.41, 5.74) is 29.6. The van der Waals surface area contributed by atoms with Crippen LogP contribution in [0.15, 0.2) is 291 Å². The van der Waals surface area contributed by atoms with Crippen molar-refractivity contribution in [2.75, 3.05) is 0 Å². The van der Waals surface area contributed by atoms with Gasteiger partial charge in [-0.25, -0.2) is 0 Å². The van der Waals surface area contributed by atoms with Gasteiger partial charge in [-0.1, -0.05) is 261 Å². The van der Waals surface area contributed by atoms with E-state index in [0.29, 0.717) is 0 Å². The Hall–Kier alpha value is -10.8. The lowest BCUT2D eigenvalue weighted by Gasteiger charge is -2.39. The van der Waals surface area contributed by atoms with Crippen LogP contribution < -0.4 is 0 Å². The summed E-state index contributed by atoms with van der Waals surface area (Å²) in [7, 11) is 0. The average Bonchev–Trinajstić information content (AvgIpc) is 1.53. The SMILES string of the molecule is c1ccc(-c2c3cccc(-c4cccc5c4-c4ccccc4C54c5ccccc5-n5c6ccccc6c6cccc4c65)c3cc3c(-c4cccc5c4-c4ccccc4C54c5ccccc5-n5c6ccccc6c6cccc4c65)cccc23)cc1. The first-order valence-electron chi connectivity index (χ1n) is 29.5. The molecular weight excluding hydrogens is 1010 g/mol. The molecule has 20 rings (SSSR count). The van der Waals surface area contributed by atoms with E-state index < -0.39 is 10.8 Å². The predicted molar refractivity (Wildman–Crippen MR) is 348 cm³/mol. The second kappa shape index (κ2) is 16.0. The molecular formula is C82H48N2. The van der Waals surface area contributed by atoms with Crippen LogP contribution in [0.4, 0.5) is 0 Å². The van der Waals surface area contributed by atoms with Crippen molar-refractivity contribution in [3.63, 3.8) is 0 Å². The summed E-state index contributed by atoms with van der Waals surface area (Å²) < 4.78 is 5.08. The molecule has 14 aromatic carbocycles. The molecule has 2 aliphatic heterocycles. The third kappa shape index (κ3) is 5.22. The molecule has 2 nitrogen and oxygen atoms in total. The van der Waals surface area contributed by atoms with E-state index in [2.05, 4.69) is 300 Å². The van der Waals surface area contributed by atoms with Crippen LogP contribution in [0, 0.1) is 0 Å². The molecule has 0 saturated heterocycles. The molecule has 2 aromatic heterocycles. The topological polar surface area (TPSA) is 9.86 Å². The lowest BCUT2D eigenvalue weighted by molar-refractivity contribution is 0.748. The number of para-hydroxylation sites is 6. The molecule has 4 aliphatic rings. The quantitative estimate of drug-likeness (QED) is 0.156. The smallest absolute Gasteiger partial charge is 0.0754 e. The molecule has 2 atom stereocenters. The Morgan fingerprint density at radius 1 is 0.202 bits per heavy atom. The van der Waals surface area contributed by atoms with E-state index in [0.717, 1.165) is 0 Å². The molecule has 0 saturated carbocycles. The lowest BCUT2D eigenvalue weighted by atomic mass is 9.65. The van der Waals surface area contributed by atoms with Gasteiger partial charge < -0.3 is 9.13 Å². The Morgan fingerprint density at radius 3 is 1.06 bits per heavy atom. The molecule has 0 fully saturated rings. The van der Waals surface area contributed by atoms with Gasteiger partial charge in [0.25, 0.3) is 0 Å². The zero-order valence-electron chi connectivity index (χ0n) is 45.6. The molecule has 0 radical (unpaired) electrons. The normalized spacial score (nSPS) is 16.4. The molecule has 16 aromatic rings. The van der Waals surface area contributed by atoms with Crippen LogP contribution in [-0.2, 0) is 10.8 Å². The second-order valence-corrected chi connectivity index (χ2v) is 23.6. The Labute approximate surface area is 485 Å². The monoisotopic (exact) mass is 1060 g/mol. The molecule has 2 heteroatoms. The van der Waals surface area contributed by atoms with E-state index in [1.54, 1.807) is 0 Å². The van der Waals surface area contributed by atoms with Crippen LogP contribution in [0.1, 0.15) is 44.5 Å². The summed E-state index contributed by atoms with van der Waals surface area (Å²) in [6.07, 6.45) is 0. The van der Waals surface area contributed by atoms with Gasteiger partial charge in [-0.05, 0) is 152 Å². The third-order valence-corrected chi connectivity index (χ3v) is 20.1. The van der Waals surface area contributed by atoms with Gasteiger partial charge in [-0.2, -0.15) is 0 Å². The highest BCUT2D eigenvalue weighted by atomic mass is 15.0. The summed E-state index contributed by atoms with van der Waals surface area (Å²) in [4.78, 5) is 0. The lowest BCUT2D eigenvalue weighted by Crippen LogP contribution is -2.33. The first-order chi connectivity index (χ1) is 41.7. The van der Waals surface area contributed by atoms with E-state index in [-0.39, 0.29) is 0 Å². The van der Waals surface area contributed by atoms with Crippen LogP contribution in [-0.4, -0.2) is 9.13 Å². The van der Waals surface area contributed by atoms with Gasteiger partial charge >= 0.3 is 0 Å². The van der Waals surface area contributed by atoms with Gasteiger partial charge in [0.2, 0.25) is 0 Å². The largest absolute Gasteiger partial charge is 0.309 e. The highest BCUT2D eigenvalue weighted by molar-refractivity contribution is 6.21. The zero-order valence-corrected chi connectivity index (χ0v) is 45.6. The molecule has 84 heavy (non-hydrogen) atoms. The van der Waals surface area contributed by atoms with Crippen LogP contribution in [0.5, 0.6) is 0 Å².